The highest BCUT2D eigenvalue weighted by Crippen LogP contribution is 2.40. The van der Waals surface area contributed by atoms with Crippen molar-refractivity contribution in [3.8, 4) is 5.75 Å². The first-order chi connectivity index (χ1) is 13.2. The molecule has 0 radical (unpaired) electrons. The average Bonchev–Trinajstić information content (AvgIpc) is 3.47. The first-order valence-electron chi connectivity index (χ1n) is 9.92. The number of ether oxygens (including phenoxy) is 2. The van der Waals surface area contributed by atoms with Gasteiger partial charge in [-0.15, -0.1) is 0 Å². The number of hydrogen-bond acceptors (Lipinski definition) is 5. The molecule has 7 nitrogen and oxygen atoms in total. The molecule has 1 aromatic carbocycles. The number of nitrogens with zero attached hydrogens (tertiary/aromatic N) is 3. The van der Waals surface area contributed by atoms with Crippen molar-refractivity contribution in [3.05, 3.63) is 17.7 Å². The smallest absolute Gasteiger partial charge is 0.307 e. The van der Waals surface area contributed by atoms with E-state index in [-0.39, 0.29) is 5.92 Å². The number of morpholine rings is 1. The Bertz CT molecular complexity index is 868. The summed E-state index contributed by atoms with van der Waals surface area (Å²) in [6, 6.07) is 4.10. The summed E-state index contributed by atoms with van der Waals surface area (Å²) in [6.07, 6.45) is 3.54. The van der Waals surface area contributed by atoms with Gasteiger partial charge in [0.05, 0.1) is 31.3 Å². The Labute approximate surface area is 157 Å². The number of anilines is 1. The van der Waals surface area contributed by atoms with Crippen molar-refractivity contribution in [1.82, 2.24) is 9.55 Å². The van der Waals surface area contributed by atoms with Gasteiger partial charge >= 0.3 is 5.97 Å². The summed E-state index contributed by atoms with van der Waals surface area (Å²) in [5.41, 5.74) is 2.96. The Kier molecular flexibility index (Phi) is 4.19. The highest BCUT2D eigenvalue weighted by atomic mass is 16.5. The maximum absolute atomic E-state index is 11.7. The predicted molar refractivity (Wildman–Crippen MR) is 100 cm³/mol. The number of imidazole rings is 1. The van der Waals surface area contributed by atoms with Crippen molar-refractivity contribution in [2.75, 3.05) is 37.8 Å². The van der Waals surface area contributed by atoms with E-state index in [4.69, 9.17) is 14.5 Å². The lowest BCUT2D eigenvalue weighted by Crippen LogP contribution is -2.38. The average molecular weight is 371 g/mol. The molecule has 144 valence electrons. The number of aliphatic carboxylic acids is 1. The highest BCUT2D eigenvalue weighted by molar-refractivity contribution is 5.86. The number of aromatic nitrogens is 2. The highest BCUT2D eigenvalue weighted by Gasteiger charge is 2.36. The van der Waals surface area contributed by atoms with Crippen LogP contribution in [0.25, 0.3) is 11.0 Å². The molecule has 1 N–H and O–H groups in total. The molecule has 7 heteroatoms. The fourth-order valence-electron chi connectivity index (χ4n) is 4.33. The third-order valence-corrected chi connectivity index (χ3v) is 5.89. The second-order valence-corrected chi connectivity index (χ2v) is 7.81. The van der Waals surface area contributed by atoms with Gasteiger partial charge in [0.25, 0.3) is 0 Å². The lowest BCUT2D eigenvalue weighted by atomic mass is 9.94. The molecule has 0 spiro atoms. The van der Waals surface area contributed by atoms with Crippen LogP contribution in [0.1, 0.15) is 24.8 Å². The molecule has 0 amide bonds. The second kappa shape index (κ2) is 6.71. The number of carboxylic acids is 1. The molecular weight excluding hydrogens is 346 g/mol. The van der Waals surface area contributed by atoms with Crippen LogP contribution in [0.4, 0.5) is 5.95 Å². The summed E-state index contributed by atoms with van der Waals surface area (Å²) in [4.78, 5) is 18.9. The number of hydrogen-bond donors (Lipinski definition) is 1. The third-order valence-electron chi connectivity index (χ3n) is 5.89. The SMILES string of the molecule is O=C(O)[C@@H](Cc1cc2c3c(c1)nc(N1CCOCC1)n3CCCO2)C1CC1. The lowest BCUT2D eigenvalue weighted by molar-refractivity contribution is -0.142. The van der Waals surface area contributed by atoms with Gasteiger partial charge in [0.1, 0.15) is 11.3 Å². The monoisotopic (exact) mass is 371 g/mol. The number of benzene rings is 1. The largest absolute Gasteiger partial charge is 0.491 e. The van der Waals surface area contributed by atoms with Crippen molar-refractivity contribution in [3.63, 3.8) is 0 Å². The van der Waals surface area contributed by atoms with E-state index in [0.29, 0.717) is 18.9 Å². The Morgan fingerprint density at radius 2 is 2.04 bits per heavy atom. The van der Waals surface area contributed by atoms with Crippen LogP contribution in [0.3, 0.4) is 0 Å². The number of carbonyl (C=O) groups is 1. The van der Waals surface area contributed by atoms with Crippen LogP contribution in [0.15, 0.2) is 12.1 Å². The molecule has 0 bridgehead atoms. The van der Waals surface area contributed by atoms with Gasteiger partial charge in [-0.05, 0) is 49.3 Å². The van der Waals surface area contributed by atoms with Crippen LogP contribution in [-0.2, 0) is 22.5 Å². The molecule has 2 fully saturated rings. The topological polar surface area (TPSA) is 76.8 Å². The van der Waals surface area contributed by atoms with Crippen LogP contribution < -0.4 is 9.64 Å². The van der Waals surface area contributed by atoms with Crippen molar-refractivity contribution in [2.24, 2.45) is 11.8 Å². The van der Waals surface area contributed by atoms with E-state index in [0.717, 1.165) is 80.4 Å². The molecule has 1 saturated carbocycles. The molecule has 3 heterocycles. The number of carboxylic acid groups (broad SMARTS) is 1. The fourth-order valence-corrected chi connectivity index (χ4v) is 4.33. The first kappa shape index (κ1) is 16.9. The van der Waals surface area contributed by atoms with Crippen LogP contribution in [0, 0.1) is 11.8 Å². The van der Waals surface area contributed by atoms with Crippen LogP contribution in [0.2, 0.25) is 0 Å². The summed E-state index contributed by atoms with van der Waals surface area (Å²) in [6.45, 7) is 4.69. The summed E-state index contributed by atoms with van der Waals surface area (Å²) < 4.78 is 13.8. The summed E-state index contributed by atoms with van der Waals surface area (Å²) in [5, 5.41) is 9.59. The third kappa shape index (κ3) is 3.14. The van der Waals surface area contributed by atoms with E-state index in [1.807, 2.05) is 6.07 Å². The van der Waals surface area contributed by atoms with Gasteiger partial charge in [0.2, 0.25) is 5.95 Å². The second-order valence-electron chi connectivity index (χ2n) is 7.81. The number of rotatable bonds is 5. The standard InChI is InChI=1S/C20H25N3O4/c24-19(25)15(14-2-3-14)10-13-11-16-18-17(12-13)27-7-1-4-23(18)20(21-16)22-5-8-26-9-6-22/h11-12,14-15H,1-10H2,(H,24,25)/t15-/m0/s1. The Morgan fingerprint density at radius 3 is 2.78 bits per heavy atom. The molecule has 3 aliphatic rings. The molecule has 0 unspecified atom stereocenters. The molecule has 2 aromatic rings. The van der Waals surface area contributed by atoms with Gasteiger partial charge in [0, 0.05) is 19.6 Å². The molecule has 1 aromatic heterocycles. The number of aryl methyl sites for hydroxylation is 1. The minimum absolute atomic E-state index is 0.304. The van der Waals surface area contributed by atoms with Crippen LogP contribution in [-0.4, -0.2) is 53.5 Å². The van der Waals surface area contributed by atoms with E-state index in [2.05, 4.69) is 15.5 Å². The van der Waals surface area contributed by atoms with E-state index in [1.54, 1.807) is 0 Å². The Hall–Kier alpha value is -2.28. The van der Waals surface area contributed by atoms with E-state index in [1.165, 1.54) is 0 Å². The molecule has 1 aliphatic carbocycles. The Morgan fingerprint density at radius 1 is 1.22 bits per heavy atom. The maximum atomic E-state index is 11.7. The van der Waals surface area contributed by atoms with E-state index < -0.39 is 5.97 Å². The van der Waals surface area contributed by atoms with Gasteiger partial charge < -0.3 is 24.0 Å². The lowest BCUT2D eigenvalue weighted by Gasteiger charge is -2.28. The molecule has 5 rings (SSSR count). The van der Waals surface area contributed by atoms with Crippen LogP contribution in [0.5, 0.6) is 5.75 Å². The predicted octanol–water partition coefficient (Wildman–Crippen LogP) is 2.31. The minimum atomic E-state index is -0.691. The molecule has 2 aliphatic heterocycles. The summed E-state index contributed by atoms with van der Waals surface area (Å²) in [5.74, 6) is 1.14. The molecule has 1 saturated heterocycles. The van der Waals surface area contributed by atoms with Gasteiger partial charge in [-0.25, -0.2) is 4.98 Å². The minimum Gasteiger partial charge on any atom is -0.491 e. The van der Waals surface area contributed by atoms with E-state index >= 15 is 0 Å². The van der Waals surface area contributed by atoms with Gasteiger partial charge in [0.15, 0.2) is 0 Å². The fraction of sp³-hybridized carbons (Fsp3) is 0.600. The summed E-state index contributed by atoms with van der Waals surface area (Å²) in [7, 11) is 0. The zero-order chi connectivity index (χ0) is 18.4. The van der Waals surface area contributed by atoms with Crippen molar-refractivity contribution in [2.45, 2.75) is 32.2 Å². The molecule has 1 atom stereocenters. The van der Waals surface area contributed by atoms with Crippen LogP contribution >= 0.6 is 0 Å². The quantitative estimate of drug-likeness (QED) is 0.869. The van der Waals surface area contributed by atoms with Gasteiger partial charge in [-0.1, -0.05) is 0 Å². The van der Waals surface area contributed by atoms with E-state index in [9.17, 15) is 9.90 Å². The summed E-state index contributed by atoms with van der Waals surface area (Å²) >= 11 is 0. The van der Waals surface area contributed by atoms with Gasteiger partial charge in [-0.2, -0.15) is 0 Å². The molecular formula is C20H25N3O4. The maximum Gasteiger partial charge on any atom is 0.307 e. The van der Waals surface area contributed by atoms with Crippen molar-refractivity contribution in [1.29, 1.82) is 0 Å². The normalized spacial score (nSPS) is 21.0. The van der Waals surface area contributed by atoms with Crippen molar-refractivity contribution < 1.29 is 19.4 Å². The molecule has 27 heavy (non-hydrogen) atoms. The van der Waals surface area contributed by atoms with Gasteiger partial charge in [-0.3, -0.25) is 4.79 Å². The zero-order valence-corrected chi connectivity index (χ0v) is 15.4. The zero-order valence-electron chi connectivity index (χ0n) is 15.4. The Balaban J connectivity index is 1.55. The first-order valence-corrected chi connectivity index (χ1v) is 9.92. The van der Waals surface area contributed by atoms with Crippen molar-refractivity contribution >= 4 is 23.0 Å².